The molecule has 2 heterocycles. The van der Waals surface area contributed by atoms with Gasteiger partial charge < -0.3 is 14.8 Å². The Kier molecular flexibility index (Phi) is 3.96. The van der Waals surface area contributed by atoms with Gasteiger partial charge in [0.1, 0.15) is 17.0 Å². The summed E-state index contributed by atoms with van der Waals surface area (Å²) < 4.78 is 5.13. The van der Waals surface area contributed by atoms with Crippen molar-refractivity contribution in [1.29, 1.82) is 0 Å². The van der Waals surface area contributed by atoms with Gasteiger partial charge in [0.15, 0.2) is 0 Å². The Bertz CT molecular complexity index is 528. The van der Waals surface area contributed by atoms with Gasteiger partial charge in [-0.05, 0) is 24.3 Å². The van der Waals surface area contributed by atoms with Crippen molar-refractivity contribution >= 4 is 17.5 Å². The first-order valence-electron chi connectivity index (χ1n) is 5.27. The molecule has 0 aliphatic carbocycles. The average Bonchev–Trinajstić information content (AvgIpc) is 2.89. The van der Waals surface area contributed by atoms with Crippen LogP contribution >= 0.6 is 11.6 Å². The molecule has 0 radical (unpaired) electrons. The molecule has 1 unspecified atom stereocenters. The summed E-state index contributed by atoms with van der Waals surface area (Å²) in [6, 6.07) is 5.78. The van der Waals surface area contributed by atoms with Crippen molar-refractivity contribution in [2.24, 2.45) is 0 Å². The minimum absolute atomic E-state index is 0.237. The highest BCUT2D eigenvalue weighted by Crippen LogP contribution is 2.14. The van der Waals surface area contributed by atoms with E-state index in [2.05, 4.69) is 10.3 Å². The van der Waals surface area contributed by atoms with Crippen LogP contribution in [-0.2, 0) is 0 Å². The zero-order chi connectivity index (χ0) is 13.0. The predicted molar refractivity (Wildman–Crippen MR) is 65.2 cm³/mol. The van der Waals surface area contributed by atoms with E-state index in [1.54, 1.807) is 12.1 Å². The number of furan rings is 1. The molecule has 0 aromatic carbocycles. The van der Waals surface area contributed by atoms with E-state index in [1.165, 1.54) is 24.6 Å². The number of hydrogen-bond donors (Lipinski definition) is 2. The van der Waals surface area contributed by atoms with Gasteiger partial charge in [-0.25, -0.2) is 4.98 Å². The zero-order valence-corrected chi connectivity index (χ0v) is 10.1. The molecule has 2 aromatic rings. The Morgan fingerprint density at radius 3 is 3.00 bits per heavy atom. The summed E-state index contributed by atoms with van der Waals surface area (Å²) in [5, 5.41) is 12.1. The van der Waals surface area contributed by atoms with Crippen LogP contribution in [0.5, 0.6) is 0 Å². The van der Waals surface area contributed by atoms with Crippen LogP contribution in [0.1, 0.15) is 22.2 Å². The maximum absolute atomic E-state index is 11.9. The molecule has 0 aliphatic heterocycles. The summed E-state index contributed by atoms with van der Waals surface area (Å²) in [6.45, 7) is -0.252. The molecular formula is C12H11ClN2O3. The fourth-order valence-electron chi connectivity index (χ4n) is 1.48. The first-order chi connectivity index (χ1) is 8.70. The Morgan fingerprint density at radius 1 is 1.56 bits per heavy atom. The lowest BCUT2D eigenvalue weighted by Crippen LogP contribution is -2.30. The molecule has 0 aliphatic rings. The summed E-state index contributed by atoms with van der Waals surface area (Å²) in [6.07, 6.45) is 2.92. The van der Waals surface area contributed by atoms with Crippen LogP contribution < -0.4 is 5.32 Å². The van der Waals surface area contributed by atoms with Crippen molar-refractivity contribution in [3.8, 4) is 0 Å². The van der Waals surface area contributed by atoms with Crippen molar-refractivity contribution < 1.29 is 14.3 Å². The van der Waals surface area contributed by atoms with E-state index in [1.807, 2.05) is 0 Å². The van der Waals surface area contributed by atoms with E-state index < -0.39 is 6.04 Å². The molecule has 18 heavy (non-hydrogen) atoms. The van der Waals surface area contributed by atoms with Gasteiger partial charge in [0.25, 0.3) is 5.91 Å². The van der Waals surface area contributed by atoms with Gasteiger partial charge in [0, 0.05) is 11.8 Å². The number of amides is 1. The van der Waals surface area contributed by atoms with Crippen LogP contribution in [0.25, 0.3) is 0 Å². The molecular weight excluding hydrogens is 256 g/mol. The number of pyridine rings is 1. The number of aromatic nitrogens is 1. The second kappa shape index (κ2) is 5.66. The van der Waals surface area contributed by atoms with E-state index >= 15 is 0 Å². The number of carbonyl (C=O) groups is 1. The number of aliphatic hydroxyl groups is 1. The summed E-state index contributed by atoms with van der Waals surface area (Å²) in [5.74, 6) is 0.140. The molecule has 94 valence electrons. The van der Waals surface area contributed by atoms with Crippen LogP contribution in [0.4, 0.5) is 0 Å². The van der Waals surface area contributed by atoms with Gasteiger partial charge >= 0.3 is 0 Å². The van der Waals surface area contributed by atoms with Crippen LogP contribution in [0.3, 0.4) is 0 Å². The minimum Gasteiger partial charge on any atom is -0.467 e. The highest BCUT2D eigenvalue weighted by molar-refractivity contribution is 6.29. The summed E-state index contributed by atoms with van der Waals surface area (Å²) in [7, 11) is 0. The maximum atomic E-state index is 11.9. The maximum Gasteiger partial charge on any atom is 0.252 e. The molecule has 1 atom stereocenters. The Labute approximate surface area is 108 Å². The van der Waals surface area contributed by atoms with Gasteiger partial charge in [0.2, 0.25) is 0 Å². The van der Waals surface area contributed by atoms with Gasteiger partial charge in [-0.2, -0.15) is 0 Å². The number of nitrogens with zero attached hydrogens (tertiary/aromatic N) is 1. The topological polar surface area (TPSA) is 75.4 Å². The summed E-state index contributed by atoms with van der Waals surface area (Å²) >= 11 is 5.70. The van der Waals surface area contributed by atoms with Gasteiger partial charge in [-0.1, -0.05) is 11.6 Å². The molecule has 0 fully saturated rings. The molecule has 2 N–H and O–H groups in total. The zero-order valence-electron chi connectivity index (χ0n) is 9.34. The molecule has 2 aromatic heterocycles. The fraction of sp³-hybridized carbons (Fsp3) is 0.167. The lowest BCUT2D eigenvalue weighted by molar-refractivity contribution is 0.0907. The Morgan fingerprint density at radius 2 is 2.39 bits per heavy atom. The van der Waals surface area contributed by atoms with E-state index in [0.29, 0.717) is 11.3 Å². The summed E-state index contributed by atoms with van der Waals surface area (Å²) in [4.78, 5) is 15.7. The monoisotopic (exact) mass is 266 g/mol. The number of hydrogen-bond acceptors (Lipinski definition) is 4. The Balaban J connectivity index is 2.11. The standard InChI is InChI=1S/C12H11ClN2O3/c13-11-6-8(3-4-14-11)12(17)15-9(7-16)10-2-1-5-18-10/h1-6,9,16H,7H2,(H,15,17). The normalized spacial score (nSPS) is 12.1. The third kappa shape index (κ3) is 2.88. The SMILES string of the molecule is O=C(NC(CO)c1ccco1)c1ccnc(Cl)c1. The van der Waals surface area contributed by atoms with Crippen LogP contribution in [0.15, 0.2) is 41.1 Å². The minimum atomic E-state index is -0.584. The largest absolute Gasteiger partial charge is 0.467 e. The van der Waals surface area contributed by atoms with E-state index in [0.717, 1.165) is 0 Å². The molecule has 0 saturated carbocycles. The lowest BCUT2D eigenvalue weighted by Gasteiger charge is -2.13. The molecule has 0 spiro atoms. The number of carbonyl (C=O) groups excluding carboxylic acids is 1. The van der Waals surface area contributed by atoms with Crippen LogP contribution in [0.2, 0.25) is 5.15 Å². The van der Waals surface area contributed by atoms with Crippen molar-refractivity contribution in [3.05, 3.63) is 53.2 Å². The van der Waals surface area contributed by atoms with Crippen LogP contribution in [0, 0.1) is 0 Å². The molecule has 0 saturated heterocycles. The van der Waals surface area contributed by atoms with Gasteiger partial charge in [-0.15, -0.1) is 0 Å². The number of halogens is 1. The van der Waals surface area contributed by atoms with Crippen molar-refractivity contribution in [2.45, 2.75) is 6.04 Å². The van der Waals surface area contributed by atoms with E-state index in [-0.39, 0.29) is 17.7 Å². The number of aliphatic hydroxyl groups excluding tert-OH is 1. The van der Waals surface area contributed by atoms with E-state index in [4.69, 9.17) is 16.0 Å². The number of rotatable bonds is 4. The quantitative estimate of drug-likeness (QED) is 0.828. The predicted octanol–water partition coefficient (Wildman–Crippen LogP) is 1.79. The first kappa shape index (κ1) is 12.6. The van der Waals surface area contributed by atoms with Crippen molar-refractivity contribution in [1.82, 2.24) is 10.3 Å². The highest BCUT2D eigenvalue weighted by Gasteiger charge is 2.17. The molecule has 6 heteroatoms. The first-order valence-corrected chi connectivity index (χ1v) is 5.65. The van der Waals surface area contributed by atoms with Crippen molar-refractivity contribution in [2.75, 3.05) is 6.61 Å². The summed E-state index contributed by atoms with van der Waals surface area (Å²) in [5.41, 5.74) is 0.375. The second-order valence-electron chi connectivity index (χ2n) is 3.59. The van der Waals surface area contributed by atoms with Crippen LogP contribution in [-0.4, -0.2) is 22.6 Å². The average molecular weight is 267 g/mol. The highest BCUT2D eigenvalue weighted by atomic mass is 35.5. The number of nitrogens with one attached hydrogen (secondary N) is 1. The molecule has 2 rings (SSSR count). The van der Waals surface area contributed by atoms with E-state index in [9.17, 15) is 9.90 Å². The molecule has 5 nitrogen and oxygen atoms in total. The smallest absolute Gasteiger partial charge is 0.252 e. The Hall–Kier alpha value is -1.85. The third-order valence-electron chi connectivity index (χ3n) is 2.36. The fourth-order valence-corrected chi connectivity index (χ4v) is 1.66. The van der Waals surface area contributed by atoms with Crippen molar-refractivity contribution in [3.63, 3.8) is 0 Å². The lowest BCUT2D eigenvalue weighted by atomic mass is 10.2. The third-order valence-corrected chi connectivity index (χ3v) is 2.57. The molecule has 1 amide bonds. The molecule has 0 bridgehead atoms. The second-order valence-corrected chi connectivity index (χ2v) is 3.98. The van der Waals surface area contributed by atoms with Gasteiger partial charge in [0.05, 0.1) is 12.9 Å². The van der Waals surface area contributed by atoms with Gasteiger partial charge in [-0.3, -0.25) is 4.79 Å².